The summed E-state index contributed by atoms with van der Waals surface area (Å²) >= 11 is 1.47. The standard InChI is InChI=1S/C23H17N5O3S/c1-15(22(29)25-18-11-6-5-8-16(18)14-24)31-23(30)20-26-21(19-12-7-13-32-19)28(27-20)17-9-3-2-4-10-17/h2-13,15H,1H3,(H,25,29). The van der Waals surface area contributed by atoms with Crippen LogP contribution in [0.3, 0.4) is 0 Å². The molecule has 2 aromatic heterocycles. The van der Waals surface area contributed by atoms with Gasteiger partial charge in [0.25, 0.3) is 11.7 Å². The highest BCUT2D eigenvalue weighted by Crippen LogP contribution is 2.25. The van der Waals surface area contributed by atoms with Crippen LogP contribution in [0, 0.1) is 11.3 Å². The number of esters is 1. The van der Waals surface area contributed by atoms with Crippen molar-refractivity contribution >= 4 is 28.9 Å². The van der Waals surface area contributed by atoms with Crippen molar-refractivity contribution in [3.8, 4) is 22.5 Å². The minimum Gasteiger partial charge on any atom is -0.447 e. The molecule has 2 aromatic carbocycles. The first-order valence-electron chi connectivity index (χ1n) is 9.64. The number of carbonyl (C=O) groups excluding carboxylic acids is 2. The zero-order valence-corrected chi connectivity index (χ0v) is 17.7. The molecule has 1 unspecified atom stereocenters. The fourth-order valence-electron chi connectivity index (χ4n) is 2.90. The number of ether oxygens (including phenoxy) is 1. The molecule has 0 spiro atoms. The molecule has 1 N–H and O–H groups in total. The quantitative estimate of drug-likeness (QED) is 0.450. The van der Waals surface area contributed by atoms with Crippen LogP contribution >= 0.6 is 11.3 Å². The maximum atomic E-state index is 12.7. The lowest BCUT2D eigenvalue weighted by Crippen LogP contribution is -2.30. The number of para-hydroxylation sites is 2. The summed E-state index contributed by atoms with van der Waals surface area (Å²) in [5.41, 5.74) is 1.39. The summed E-state index contributed by atoms with van der Waals surface area (Å²) in [6.07, 6.45) is -1.12. The third-order valence-electron chi connectivity index (χ3n) is 4.49. The number of amides is 1. The highest BCUT2D eigenvalue weighted by molar-refractivity contribution is 7.13. The number of benzene rings is 2. The second-order valence-electron chi connectivity index (χ2n) is 6.68. The number of carbonyl (C=O) groups is 2. The lowest BCUT2D eigenvalue weighted by Gasteiger charge is -2.13. The van der Waals surface area contributed by atoms with Crippen LogP contribution in [-0.4, -0.2) is 32.7 Å². The summed E-state index contributed by atoms with van der Waals surface area (Å²) in [5, 5.41) is 18.0. The van der Waals surface area contributed by atoms with Gasteiger partial charge in [0.15, 0.2) is 11.9 Å². The molecule has 2 heterocycles. The fraction of sp³-hybridized carbons (Fsp3) is 0.0870. The van der Waals surface area contributed by atoms with Gasteiger partial charge in [0.05, 0.1) is 21.8 Å². The minimum atomic E-state index is -1.12. The van der Waals surface area contributed by atoms with Crippen molar-refractivity contribution in [1.82, 2.24) is 14.8 Å². The molecule has 0 saturated carbocycles. The summed E-state index contributed by atoms with van der Waals surface area (Å²) in [4.78, 5) is 30.4. The van der Waals surface area contributed by atoms with Crippen LogP contribution < -0.4 is 5.32 Å². The summed E-state index contributed by atoms with van der Waals surface area (Å²) in [5.74, 6) is -1.05. The first kappa shape index (κ1) is 21.0. The number of thiophene rings is 1. The van der Waals surface area contributed by atoms with Crippen LogP contribution in [-0.2, 0) is 9.53 Å². The summed E-state index contributed by atoms with van der Waals surface area (Å²) in [7, 11) is 0. The molecule has 1 atom stereocenters. The Morgan fingerprint density at radius 1 is 1.09 bits per heavy atom. The zero-order chi connectivity index (χ0) is 22.5. The molecular formula is C23H17N5O3S. The van der Waals surface area contributed by atoms with E-state index in [0.29, 0.717) is 17.1 Å². The normalized spacial score (nSPS) is 11.4. The number of hydrogen-bond donors (Lipinski definition) is 1. The van der Waals surface area contributed by atoms with E-state index >= 15 is 0 Å². The van der Waals surface area contributed by atoms with E-state index in [-0.39, 0.29) is 5.82 Å². The summed E-state index contributed by atoms with van der Waals surface area (Å²) in [6.45, 7) is 1.44. The topological polar surface area (TPSA) is 110 Å². The molecule has 4 aromatic rings. The van der Waals surface area contributed by atoms with E-state index in [1.807, 2.05) is 53.9 Å². The molecular weight excluding hydrogens is 426 g/mol. The summed E-state index contributed by atoms with van der Waals surface area (Å²) in [6, 6.07) is 21.6. The number of rotatable bonds is 6. The fourth-order valence-corrected chi connectivity index (χ4v) is 3.60. The first-order chi connectivity index (χ1) is 15.6. The highest BCUT2D eigenvalue weighted by atomic mass is 32.1. The largest absolute Gasteiger partial charge is 0.447 e. The van der Waals surface area contributed by atoms with E-state index in [2.05, 4.69) is 15.4 Å². The van der Waals surface area contributed by atoms with Gasteiger partial charge < -0.3 is 10.1 Å². The van der Waals surface area contributed by atoms with Crippen LogP contribution in [0.1, 0.15) is 23.1 Å². The first-order valence-corrected chi connectivity index (χ1v) is 10.5. The van der Waals surface area contributed by atoms with Gasteiger partial charge >= 0.3 is 5.97 Å². The molecule has 0 fully saturated rings. The smallest absolute Gasteiger partial charge is 0.379 e. The molecule has 0 saturated heterocycles. The SMILES string of the molecule is CC(OC(=O)c1nc(-c2cccs2)n(-c2ccccc2)n1)C(=O)Nc1ccccc1C#N. The monoisotopic (exact) mass is 443 g/mol. The molecule has 0 aliphatic carbocycles. The molecule has 9 heteroatoms. The van der Waals surface area contributed by atoms with E-state index in [1.54, 1.807) is 28.9 Å². The molecule has 0 radical (unpaired) electrons. The van der Waals surface area contributed by atoms with E-state index in [0.717, 1.165) is 10.6 Å². The zero-order valence-electron chi connectivity index (χ0n) is 16.9. The van der Waals surface area contributed by atoms with Crippen LogP contribution in [0.5, 0.6) is 0 Å². The Morgan fingerprint density at radius 2 is 1.84 bits per heavy atom. The van der Waals surface area contributed by atoms with Crippen molar-refractivity contribution in [3.05, 3.63) is 83.5 Å². The third kappa shape index (κ3) is 4.40. The molecule has 4 rings (SSSR count). The molecule has 1 amide bonds. The Labute approximate surface area is 187 Å². The van der Waals surface area contributed by atoms with Gasteiger partial charge in [-0.3, -0.25) is 4.79 Å². The number of anilines is 1. The Balaban J connectivity index is 1.54. The Bertz CT molecular complexity index is 1290. The van der Waals surface area contributed by atoms with Crippen molar-refractivity contribution in [1.29, 1.82) is 5.26 Å². The van der Waals surface area contributed by atoms with Gasteiger partial charge in [-0.15, -0.1) is 16.4 Å². The molecule has 32 heavy (non-hydrogen) atoms. The number of hydrogen-bond acceptors (Lipinski definition) is 7. The molecule has 158 valence electrons. The highest BCUT2D eigenvalue weighted by Gasteiger charge is 2.25. The summed E-state index contributed by atoms with van der Waals surface area (Å²) < 4.78 is 6.86. The second kappa shape index (κ2) is 9.24. The van der Waals surface area contributed by atoms with Crippen molar-refractivity contribution in [3.63, 3.8) is 0 Å². The van der Waals surface area contributed by atoms with Gasteiger partial charge in [0, 0.05) is 0 Å². The number of aromatic nitrogens is 3. The number of nitriles is 1. The van der Waals surface area contributed by atoms with Crippen molar-refractivity contribution in [2.45, 2.75) is 13.0 Å². The predicted molar refractivity (Wildman–Crippen MR) is 119 cm³/mol. The van der Waals surface area contributed by atoms with Crippen molar-refractivity contribution in [2.75, 3.05) is 5.32 Å². The predicted octanol–water partition coefficient (Wildman–Crippen LogP) is 4.05. The number of nitrogens with one attached hydrogen (secondary N) is 1. The molecule has 0 bridgehead atoms. The maximum Gasteiger partial charge on any atom is 0.379 e. The maximum absolute atomic E-state index is 12.7. The second-order valence-corrected chi connectivity index (χ2v) is 7.63. The van der Waals surface area contributed by atoms with Gasteiger partial charge in [-0.1, -0.05) is 36.4 Å². The molecule has 0 aliphatic rings. The van der Waals surface area contributed by atoms with Gasteiger partial charge in [0.2, 0.25) is 0 Å². The Morgan fingerprint density at radius 3 is 2.56 bits per heavy atom. The molecule has 8 nitrogen and oxygen atoms in total. The van der Waals surface area contributed by atoms with Gasteiger partial charge in [0.1, 0.15) is 6.07 Å². The Hall–Kier alpha value is -4.29. The van der Waals surface area contributed by atoms with Crippen molar-refractivity contribution < 1.29 is 14.3 Å². The average molecular weight is 443 g/mol. The third-order valence-corrected chi connectivity index (χ3v) is 5.36. The number of nitrogens with zero attached hydrogens (tertiary/aromatic N) is 4. The van der Waals surface area contributed by atoms with Gasteiger partial charge in [-0.05, 0) is 42.6 Å². The van der Waals surface area contributed by atoms with Crippen LogP contribution in [0.2, 0.25) is 0 Å². The van der Waals surface area contributed by atoms with Crippen molar-refractivity contribution in [2.24, 2.45) is 0 Å². The van der Waals surface area contributed by atoms with Gasteiger partial charge in [-0.25, -0.2) is 9.48 Å². The van der Waals surface area contributed by atoms with E-state index in [9.17, 15) is 9.59 Å². The lowest BCUT2D eigenvalue weighted by molar-refractivity contribution is -0.123. The average Bonchev–Trinajstić information content (AvgIpc) is 3.50. The van der Waals surface area contributed by atoms with E-state index in [4.69, 9.17) is 10.00 Å². The Kier molecular flexibility index (Phi) is 6.05. The van der Waals surface area contributed by atoms with Gasteiger partial charge in [-0.2, -0.15) is 10.2 Å². The van der Waals surface area contributed by atoms with Crippen LogP contribution in [0.15, 0.2) is 72.1 Å². The van der Waals surface area contributed by atoms with E-state index < -0.39 is 18.0 Å². The lowest BCUT2D eigenvalue weighted by atomic mass is 10.2. The minimum absolute atomic E-state index is 0.158. The van der Waals surface area contributed by atoms with Crippen LogP contribution in [0.4, 0.5) is 5.69 Å². The van der Waals surface area contributed by atoms with E-state index in [1.165, 1.54) is 18.3 Å². The molecule has 0 aliphatic heterocycles. The van der Waals surface area contributed by atoms with Crippen LogP contribution in [0.25, 0.3) is 16.4 Å².